The fourth-order valence-corrected chi connectivity index (χ4v) is 4.26. The van der Waals surface area contributed by atoms with Crippen LogP contribution in [0.2, 0.25) is 0 Å². The number of hydrogen-bond donors (Lipinski definition) is 2. The summed E-state index contributed by atoms with van der Waals surface area (Å²) in [6.45, 7) is 3.10. The van der Waals surface area contributed by atoms with Gasteiger partial charge in [0.05, 0.1) is 13.2 Å². The molecule has 1 atom stereocenters. The molecule has 31 heavy (non-hydrogen) atoms. The molecule has 1 unspecified atom stereocenters. The molecule has 0 bridgehead atoms. The smallest absolute Gasteiger partial charge is 0.243 e. The molecule has 1 amide bonds. The van der Waals surface area contributed by atoms with Crippen molar-refractivity contribution in [2.24, 2.45) is 4.99 Å². The van der Waals surface area contributed by atoms with Crippen molar-refractivity contribution in [1.29, 1.82) is 0 Å². The number of hydrogen-bond acceptors (Lipinski definition) is 4. The Hall–Kier alpha value is -1.55. The second-order valence-corrected chi connectivity index (χ2v) is 8.50. The van der Waals surface area contributed by atoms with Crippen LogP contribution in [-0.4, -0.2) is 75.1 Å². The summed E-state index contributed by atoms with van der Waals surface area (Å²) in [5.41, 5.74) is 1.24. The average molecular weight is 543 g/mol. The van der Waals surface area contributed by atoms with Gasteiger partial charge >= 0.3 is 0 Å². The third-order valence-electron chi connectivity index (χ3n) is 6.09. The van der Waals surface area contributed by atoms with E-state index in [1.54, 1.807) is 26.1 Å². The molecule has 1 saturated heterocycles. The van der Waals surface area contributed by atoms with E-state index < -0.39 is 0 Å². The summed E-state index contributed by atoms with van der Waals surface area (Å²) in [5, 5.41) is 7.09. The monoisotopic (exact) mass is 543 g/mol. The molecule has 1 aromatic rings. The SMILES string of the molecule is COc1cccc(C(CNC(=NCC(=O)N(C)C)NC2CCCC2)N2CCCC2)c1.I. The molecule has 1 aromatic carbocycles. The highest BCUT2D eigenvalue weighted by Gasteiger charge is 2.25. The molecular formula is C23H38IN5O2. The highest BCUT2D eigenvalue weighted by Crippen LogP contribution is 2.27. The third-order valence-corrected chi connectivity index (χ3v) is 6.09. The van der Waals surface area contributed by atoms with Gasteiger partial charge in [-0.05, 0) is 56.5 Å². The van der Waals surface area contributed by atoms with Crippen LogP contribution in [0.3, 0.4) is 0 Å². The van der Waals surface area contributed by atoms with Crippen LogP contribution in [0.15, 0.2) is 29.3 Å². The fourth-order valence-electron chi connectivity index (χ4n) is 4.26. The minimum Gasteiger partial charge on any atom is -0.497 e. The zero-order valence-corrected chi connectivity index (χ0v) is 21.4. The molecule has 1 aliphatic heterocycles. The molecule has 2 N–H and O–H groups in total. The Bertz CT molecular complexity index is 716. The molecule has 8 heteroatoms. The normalized spacial score (nSPS) is 18.4. The number of aliphatic imine (C=N–C) groups is 1. The largest absolute Gasteiger partial charge is 0.497 e. The van der Waals surface area contributed by atoms with Gasteiger partial charge in [-0.15, -0.1) is 24.0 Å². The quantitative estimate of drug-likeness (QED) is 0.300. The highest BCUT2D eigenvalue weighted by atomic mass is 127. The number of carbonyl (C=O) groups is 1. The van der Waals surface area contributed by atoms with Gasteiger partial charge in [0.1, 0.15) is 12.3 Å². The summed E-state index contributed by atoms with van der Waals surface area (Å²) in [6, 6.07) is 9.01. The summed E-state index contributed by atoms with van der Waals surface area (Å²) in [4.78, 5) is 20.8. The van der Waals surface area contributed by atoms with E-state index in [1.807, 2.05) is 6.07 Å². The Labute approximate surface area is 204 Å². The zero-order chi connectivity index (χ0) is 21.3. The number of methoxy groups -OCH3 is 1. The van der Waals surface area contributed by atoms with Crippen LogP contribution < -0.4 is 15.4 Å². The molecule has 1 aliphatic carbocycles. The van der Waals surface area contributed by atoms with Gasteiger partial charge in [0, 0.05) is 26.7 Å². The number of guanidine groups is 1. The number of benzene rings is 1. The van der Waals surface area contributed by atoms with Crippen molar-refractivity contribution in [2.75, 3.05) is 47.4 Å². The standard InChI is InChI=1S/C23H37N5O2.HI/c1-27(2)22(29)17-25-23(26-19-10-4-5-11-19)24-16-21(28-13-6-7-14-28)18-9-8-12-20(15-18)30-3;/h8-9,12,15,19,21H,4-7,10-11,13-14,16-17H2,1-3H3,(H2,24,25,26);1H. The van der Waals surface area contributed by atoms with Crippen LogP contribution in [0.5, 0.6) is 5.75 Å². The highest BCUT2D eigenvalue weighted by molar-refractivity contribution is 14.0. The van der Waals surface area contributed by atoms with Crippen molar-refractivity contribution in [3.05, 3.63) is 29.8 Å². The lowest BCUT2D eigenvalue weighted by molar-refractivity contribution is -0.127. The Morgan fingerprint density at radius 3 is 2.58 bits per heavy atom. The van der Waals surface area contributed by atoms with Gasteiger partial charge in [0.2, 0.25) is 5.91 Å². The van der Waals surface area contributed by atoms with Crippen LogP contribution in [0, 0.1) is 0 Å². The maximum absolute atomic E-state index is 12.1. The fraction of sp³-hybridized carbons (Fsp3) is 0.652. The van der Waals surface area contributed by atoms with E-state index in [2.05, 4.69) is 38.7 Å². The van der Waals surface area contributed by atoms with Gasteiger partial charge in [-0.2, -0.15) is 0 Å². The lowest BCUT2D eigenvalue weighted by Gasteiger charge is -2.29. The lowest BCUT2D eigenvalue weighted by atomic mass is 10.1. The predicted molar refractivity (Wildman–Crippen MR) is 136 cm³/mol. The Morgan fingerprint density at radius 1 is 1.23 bits per heavy atom. The van der Waals surface area contributed by atoms with Crippen molar-refractivity contribution in [1.82, 2.24) is 20.4 Å². The minimum atomic E-state index is 0. The van der Waals surface area contributed by atoms with Crippen molar-refractivity contribution in [2.45, 2.75) is 50.6 Å². The van der Waals surface area contributed by atoms with Gasteiger partial charge < -0.3 is 20.3 Å². The maximum Gasteiger partial charge on any atom is 0.243 e. The van der Waals surface area contributed by atoms with Crippen molar-refractivity contribution >= 4 is 35.8 Å². The van der Waals surface area contributed by atoms with Crippen molar-refractivity contribution < 1.29 is 9.53 Å². The van der Waals surface area contributed by atoms with Gasteiger partial charge in [-0.25, -0.2) is 4.99 Å². The average Bonchev–Trinajstić information content (AvgIpc) is 3.46. The number of rotatable bonds is 8. The van der Waals surface area contributed by atoms with Crippen LogP contribution >= 0.6 is 24.0 Å². The molecule has 1 saturated carbocycles. The second kappa shape index (κ2) is 13.1. The summed E-state index contributed by atoms with van der Waals surface area (Å²) < 4.78 is 5.45. The van der Waals surface area contributed by atoms with Crippen LogP contribution in [0.1, 0.15) is 50.1 Å². The van der Waals surface area contributed by atoms with E-state index >= 15 is 0 Å². The first-order valence-corrected chi connectivity index (χ1v) is 11.2. The first-order valence-electron chi connectivity index (χ1n) is 11.2. The number of halogens is 1. The van der Waals surface area contributed by atoms with Crippen molar-refractivity contribution in [3.8, 4) is 5.75 Å². The summed E-state index contributed by atoms with van der Waals surface area (Å²) in [5.74, 6) is 1.63. The Balaban J connectivity index is 0.00000341. The molecule has 2 aliphatic rings. The molecule has 7 nitrogen and oxygen atoms in total. The van der Waals surface area contributed by atoms with Crippen LogP contribution in [0.25, 0.3) is 0 Å². The molecule has 3 rings (SSSR count). The molecular weight excluding hydrogens is 505 g/mol. The van der Waals surface area contributed by atoms with Crippen molar-refractivity contribution in [3.63, 3.8) is 0 Å². The number of nitrogens with one attached hydrogen (secondary N) is 2. The molecule has 174 valence electrons. The summed E-state index contributed by atoms with van der Waals surface area (Å²) >= 11 is 0. The van der Waals surface area contributed by atoms with Gasteiger partial charge in [0.15, 0.2) is 5.96 Å². The lowest BCUT2D eigenvalue weighted by Crippen LogP contribution is -2.46. The van der Waals surface area contributed by atoms with E-state index in [0.717, 1.165) is 44.2 Å². The molecule has 0 radical (unpaired) electrons. The summed E-state index contributed by atoms with van der Waals surface area (Å²) in [7, 11) is 5.24. The second-order valence-electron chi connectivity index (χ2n) is 8.50. The van der Waals surface area contributed by atoms with E-state index in [0.29, 0.717) is 6.04 Å². The van der Waals surface area contributed by atoms with E-state index in [9.17, 15) is 4.79 Å². The first kappa shape index (κ1) is 25.7. The van der Waals surface area contributed by atoms with Gasteiger partial charge in [-0.3, -0.25) is 9.69 Å². The number of carbonyl (C=O) groups excluding carboxylic acids is 1. The first-order chi connectivity index (χ1) is 14.6. The third kappa shape index (κ3) is 7.82. The molecule has 2 fully saturated rings. The van der Waals surface area contributed by atoms with Crippen LogP contribution in [-0.2, 0) is 4.79 Å². The number of ether oxygens (including phenoxy) is 1. The Morgan fingerprint density at radius 2 is 1.94 bits per heavy atom. The number of likely N-dealkylation sites (N-methyl/N-ethyl adjacent to an activating group) is 1. The van der Waals surface area contributed by atoms with Gasteiger partial charge in [-0.1, -0.05) is 25.0 Å². The molecule has 0 spiro atoms. The predicted octanol–water partition coefficient (Wildman–Crippen LogP) is 3.02. The van der Waals surface area contributed by atoms with E-state index in [-0.39, 0.29) is 42.5 Å². The number of likely N-dealkylation sites (tertiary alicyclic amines) is 1. The Kier molecular flexibility index (Phi) is 10.9. The number of amides is 1. The molecule has 1 heterocycles. The summed E-state index contributed by atoms with van der Waals surface area (Å²) in [6.07, 6.45) is 7.29. The zero-order valence-electron chi connectivity index (χ0n) is 19.1. The minimum absolute atomic E-state index is 0. The van der Waals surface area contributed by atoms with Gasteiger partial charge in [0.25, 0.3) is 0 Å². The van der Waals surface area contributed by atoms with Crippen LogP contribution in [0.4, 0.5) is 0 Å². The van der Waals surface area contributed by atoms with E-state index in [1.165, 1.54) is 31.2 Å². The topological polar surface area (TPSA) is 69.2 Å². The maximum atomic E-state index is 12.1. The van der Waals surface area contributed by atoms with E-state index in [4.69, 9.17) is 4.74 Å². The number of nitrogens with zero attached hydrogens (tertiary/aromatic N) is 3. The molecule has 0 aromatic heterocycles.